The lowest BCUT2D eigenvalue weighted by molar-refractivity contribution is -0.113. The molecule has 0 radical (unpaired) electrons. The number of rotatable bonds is 6. The number of anilines is 1. The largest absolute Gasteiger partial charge is 0.454 e. The molecular formula is C18H19NO3S. The third-order valence-corrected chi connectivity index (χ3v) is 4.59. The number of amides is 1. The lowest BCUT2D eigenvalue weighted by atomic mass is 10.1. The minimum Gasteiger partial charge on any atom is -0.454 e. The number of carbonyl (C=O) groups excluding carboxylic acids is 1. The highest BCUT2D eigenvalue weighted by Gasteiger charge is 2.13. The van der Waals surface area contributed by atoms with Gasteiger partial charge in [-0.3, -0.25) is 4.79 Å². The topological polar surface area (TPSA) is 47.6 Å². The zero-order valence-corrected chi connectivity index (χ0v) is 13.8. The van der Waals surface area contributed by atoms with Crippen LogP contribution in [0.5, 0.6) is 11.5 Å². The highest BCUT2D eigenvalue weighted by atomic mass is 32.2. The minimum atomic E-state index is 0.0139. The number of aryl methyl sites for hydroxylation is 1. The molecule has 2 aromatic carbocycles. The molecule has 5 heteroatoms. The standard InChI is InChI=1S/C18H19NO3S/c1-2-13-3-6-15(7-4-13)19-18(20)11-23-10-14-5-8-16-17(9-14)22-12-21-16/h3-9H,2,10-12H2,1H3,(H,19,20). The van der Waals surface area contributed by atoms with Gasteiger partial charge in [-0.2, -0.15) is 0 Å². The molecule has 120 valence electrons. The predicted molar refractivity (Wildman–Crippen MR) is 93.2 cm³/mol. The smallest absolute Gasteiger partial charge is 0.234 e. The van der Waals surface area contributed by atoms with Gasteiger partial charge in [0.25, 0.3) is 0 Å². The number of ether oxygens (including phenoxy) is 2. The van der Waals surface area contributed by atoms with E-state index >= 15 is 0 Å². The average molecular weight is 329 g/mol. The summed E-state index contributed by atoms with van der Waals surface area (Å²) in [5.74, 6) is 2.76. The first kappa shape index (κ1) is 15.7. The van der Waals surface area contributed by atoms with E-state index in [0.29, 0.717) is 5.75 Å². The van der Waals surface area contributed by atoms with Gasteiger partial charge in [-0.1, -0.05) is 25.1 Å². The molecule has 0 saturated heterocycles. The van der Waals surface area contributed by atoms with Gasteiger partial charge in [0, 0.05) is 11.4 Å². The zero-order valence-electron chi connectivity index (χ0n) is 13.0. The van der Waals surface area contributed by atoms with Gasteiger partial charge in [0.1, 0.15) is 0 Å². The van der Waals surface area contributed by atoms with Crippen LogP contribution < -0.4 is 14.8 Å². The molecule has 4 nitrogen and oxygen atoms in total. The molecule has 1 aliphatic rings. The van der Waals surface area contributed by atoms with E-state index in [1.165, 1.54) is 5.56 Å². The van der Waals surface area contributed by atoms with Crippen LogP contribution in [-0.2, 0) is 17.0 Å². The first-order chi connectivity index (χ1) is 11.2. The van der Waals surface area contributed by atoms with Crippen molar-refractivity contribution in [2.45, 2.75) is 19.1 Å². The van der Waals surface area contributed by atoms with E-state index in [4.69, 9.17) is 9.47 Å². The summed E-state index contributed by atoms with van der Waals surface area (Å²) in [6.07, 6.45) is 1.000. The number of hydrogen-bond acceptors (Lipinski definition) is 4. The van der Waals surface area contributed by atoms with E-state index in [0.717, 1.165) is 34.9 Å². The fourth-order valence-electron chi connectivity index (χ4n) is 2.31. The Morgan fingerprint density at radius 1 is 1.09 bits per heavy atom. The van der Waals surface area contributed by atoms with Crippen LogP contribution in [0.4, 0.5) is 5.69 Å². The SMILES string of the molecule is CCc1ccc(NC(=O)CSCc2ccc3c(c2)OCO3)cc1. The van der Waals surface area contributed by atoms with Gasteiger partial charge in [0.05, 0.1) is 5.75 Å². The maximum absolute atomic E-state index is 12.0. The van der Waals surface area contributed by atoms with E-state index < -0.39 is 0 Å². The van der Waals surface area contributed by atoms with Crippen LogP contribution in [0.15, 0.2) is 42.5 Å². The summed E-state index contributed by atoms with van der Waals surface area (Å²) in [4.78, 5) is 12.0. The molecule has 1 aliphatic heterocycles. The molecule has 0 spiro atoms. The Morgan fingerprint density at radius 3 is 2.61 bits per heavy atom. The first-order valence-electron chi connectivity index (χ1n) is 7.59. The lowest BCUT2D eigenvalue weighted by Gasteiger charge is -2.06. The molecule has 1 N–H and O–H groups in total. The number of hydrogen-bond donors (Lipinski definition) is 1. The molecule has 3 rings (SSSR count). The summed E-state index contributed by atoms with van der Waals surface area (Å²) >= 11 is 1.58. The molecule has 0 aromatic heterocycles. The maximum Gasteiger partial charge on any atom is 0.234 e. The van der Waals surface area contributed by atoms with Crippen LogP contribution in [0.3, 0.4) is 0 Å². The van der Waals surface area contributed by atoms with Crippen molar-refractivity contribution in [1.29, 1.82) is 0 Å². The Balaban J connectivity index is 1.45. The highest BCUT2D eigenvalue weighted by molar-refractivity contribution is 7.99. The van der Waals surface area contributed by atoms with Crippen LogP contribution in [0, 0.1) is 0 Å². The van der Waals surface area contributed by atoms with Crippen LogP contribution in [0.2, 0.25) is 0 Å². The van der Waals surface area contributed by atoms with Crippen molar-refractivity contribution in [2.24, 2.45) is 0 Å². The van der Waals surface area contributed by atoms with Gasteiger partial charge >= 0.3 is 0 Å². The molecule has 0 bridgehead atoms. The van der Waals surface area contributed by atoms with E-state index in [2.05, 4.69) is 12.2 Å². The second-order valence-electron chi connectivity index (χ2n) is 5.28. The second kappa shape index (κ2) is 7.42. The number of fused-ring (bicyclic) bond motifs is 1. The van der Waals surface area contributed by atoms with E-state index in [1.54, 1.807) is 11.8 Å². The van der Waals surface area contributed by atoms with Crippen LogP contribution in [-0.4, -0.2) is 18.5 Å². The van der Waals surface area contributed by atoms with Crippen molar-refractivity contribution in [3.05, 3.63) is 53.6 Å². The maximum atomic E-state index is 12.0. The predicted octanol–water partition coefficient (Wildman–Crippen LogP) is 3.85. The van der Waals surface area contributed by atoms with E-state index in [9.17, 15) is 4.79 Å². The van der Waals surface area contributed by atoms with Gasteiger partial charge in [-0.05, 0) is 41.8 Å². The van der Waals surface area contributed by atoms with Crippen molar-refractivity contribution in [3.63, 3.8) is 0 Å². The van der Waals surface area contributed by atoms with E-state index in [1.807, 2.05) is 42.5 Å². The molecular weight excluding hydrogens is 310 g/mol. The normalized spacial score (nSPS) is 12.2. The third-order valence-electron chi connectivity index (χ3n) is 3.58. The monoisotopic (exact) mass is 329 g/mol. The summed E-state index contributed by atoms with van der Waals surface area (Å²) in [5, 5.41) is 2.92. The number of thioether (sulfide) groups is 1. The van der Waals surface area contributed by atoms with Crippen molar-refractivity contribution >= 4 is 23.4 Å². The molecule has 0 fully saturated rings. The molecule has 1 amide bonds. The number of nitrogens with one attached hydrogen (secondary N) is 1. The molecule has 23 heavy (non-hydrogen) atoms. The van der Waals surface area contributed by atoms with Gasteiger partial charge < -0.3 is 14.8 Å². The fourth-order valence-corrected chi connectivity index (χ4v) is 3.09. The first-order valence-corrected chi connectivity index (χ1v) is 8.75. The van der Waals surface area contributed by atoms with Crippen LogP contribution >= 0.6 is 11.8 Å². The Bertz CT molecular complexity index is 685. The number of carbonyl (C=O) groups is 1. The van der Waals surface area contributed by atoms with Gasteiger partial charge in [0.2, 0.25) is 12.7 Å². The summed E-state index contributed by atoms with van der Waals surface area (Å²) in [6, 6.07) is 13.8. The Kier molecular flexibility index (Phi) is 5.08. The molecule has 0 atom stereocenters. The van der Waals surface area contributed by atoms with Crippen molar-refractivity contribution in [1.82, 2.24) is 0 Å². The quantitative estimate of drug-likeness (QED) is 0.874. The molecule has 0 unspecified atom stereocenters. The van der Waals surface area contributed by atoms with Crippen molar-refractivity contribution in [2.75, 3.05) is 17.9 Å². The highest BCUT2D eigenvalue weighted by Crippen LogP contribution is 2.33. The number of benzene rings is 2. The fraction of sp³-hybridized carbons (Fsp3) is 0.278. The Morgan fingerprint density at radius 2 is 1.83 bits per heavy atom. The summed E-state index contributed by atoms with van der Waals surface area (Å²) < 4.78 is 10.6. The molecule has 2 aromatic rings. The second-order valence-corrected chi connectivity index (χ2v) is 6.26. The molecule has 1 heterocycles. The average Bonchev–Trinajstić information content (AvgIpc) is 3.03. The third kappa shape index (κ3) is 4.20. The lowest BCUT2D eigenvalue weighted by Crippen LogP contribution is -2.14. The van der Waals surface area contributed by atoms with Crippen molar-refractivity contribution in [3.8, 4) is 11.5 Å². The van der Waals surface area contributed by atoms with Gasteiger partial charge in [-0.25, -0.2) is 0 Å². The minimum absolute atomic E-state index is 0.0139. The summed E-state index contributed by atoms with van der Waals surface area (Å²) in [5.41, 5.74) is 3.23. The summed E-state index contributed by atoms with van der Waals surface area (Å²) in [6.45, 7) is 2.39. The van der Waals surface area contributed by atoms with E-state index in [-0.39, 0.29) is 12.7 Å². The Hall–Kier alpha value is -2.14. The van der Waals surface area contributed by atoms with Crippen LogP contribution in [0.1, 0.15) is 18.1 Å². The van der Waals surface area contributed by atoms with Crippen molar-refractivity contribution < 1.29 is 14.3 Å². The zero-order chi connectivity index (χ0) is 16.1. The Labute approximate surface area is 140 Å². The van der Waals surface area contributed by atoms with Gasteiger partial charge in [0.15, 0.2) is 11.5 Å². The van der Waals surface area contributed by atoms with Gasteiger partial charge in [-0.15, -0.1) is 11.8 Å². The summed E-state index contributed by atoms with van der Waals surface area (Å²) in [7, 11) is 0. The molecule has 0 saturated carbocycles. The van der Waals surface area contributed by atoms with Crippen LogP contribution in [0.25, 0.3) is 0 Å². The molecule has 0 aliphatic carbocycles.